The Morgan fingerprint density at radius 3 is 2.67 bits per heavy atom. The first-order valence-electron chi connectivity index (χ1n) is 4.61. The van der Waals surface area contributed by atoms with Gasteiger partial charge in [0.2, 0.25) is 5.91 Å². The van der Waals surface area contributed by atoms with Crippen molar-refractivity contribution in [1.82, 2.24) is 4.90 Å². The van der Waals surface area contributed by atoms with E-state index in [1.165, 1.54) is 0 Å². The predicted molar refractivity (Wildman–Crippen MR) is 46.9 cm³/mol. The van der Waals surface area contributed by atoms with Gasteiger partial charge >= 0.3 is 0 Å². The Morgan fingerprint density at radius 1 is 1.67 bits per heavy atom. The van der Waals surface area contributed by atoms with Crippen LogP contribution in [0.1, 0.15) is 26.7 Å². The molecule has 1 unspecified atom stereocenters. The first kappa shape index (κ1) is 9.52. The van der Waals surface area contributed by atoms with E-state index in [2.05, 4.69) is 6.92 Å². The highest BCUT2D eigenvalue weighted by Crippen LogP contribution is 2.12. The number of hydrogen-bond acceptors (Lipinski definition) is 2. The molecule has 3 heteroatoms. The third-order valence-corrected chi connectivity index (χ3v) is 2.16. The number of hydrogen-bond donors (Lipinski definition) is 0. The molecule has 0 N–H and O–H groups in total. The van der Waals surface area contributed by atoms with Crippen molar-refractivity contribution >= 4 is 5.91 Å². The Labute approximate surface area is 73.7 Å². The molecule has 12 heavy (non-hydrogen) atoms. The van der Waals surface area contributed by atoms with E-state index in [-0.39, 0.29) is 5.91 Å². The van der Waals surface area contributed by atoms with E-state index in [1.807, 2.05) is 4.90 Å². The van der Waals surface area contributed by atoms with Crippen LogP contribution in [0.2, 0.25) is 0 Å². The van der Waals surface area contributed by atoms with Crippen molar-refractivity contribution in [2.45, 2.75) is 32.8 Å². The minimum absolute atomic E-state index is 0.160. The minimum atomic E-state index is 0.160. The molecule has 1 rings (SSSR count). The van der Waals surface area contributed by atoms with Crippen molar-refractivity contribution in [2.24, 2.45) is 0 Å². The van der Waals surface area contributed by atoms with Crippen LogP contribution in [0.25, 0.3) is 0 Å². The van der Waals surface area contributed by atoms with Gasteiger partial charge in [0.25, 0.3) is 0 Å². The van der Waals surface area contributed by atoms with Gasteiger partial charge in [0.1, 0.15) is 0 Å². The summed E-state index contributed by atoms with van der Waals surface area (Å²) in [5.41, 5.74) is 0. The van der Waals surface area contributed by atoms with Crippen molar-refractivity contribution in [2.75, 3.05) is 19.7 Å². The maximum absolute atomic E-state index is 11.1. The topological polar surface area (TPSA) is 29.5 Å². The molecule has 0 saturated carbocycles. The van der Waals surface area contributed by atoms with E-state index in [0.29, 0.717) is 6.10 Å². The molecular formula is C9H17NO2. The molecule has 3 nitrogen and oxygen atoms in total. The molecule has 1 aliphatic heterocycles. The maximum Gasteiger partial charge on any atom is 0.219 e. The van der Waals surface area contributed by atoms with Crippen molar-refractivity contribution in [3.8, 4) is 0 Å². The largest absolute Gasteiger partial charge is 0.376 e. The number of carbonyl (C=O) groups is 1. The van der Waals surface area contributed by atoms with Crippen LogP contribution < -0.4 is 0 Å². The summed E-state index contributed by atoms with van der Waals surface area (Å²) in [5, 5.41) is 0. The molecule has 1 saturated heterocycles. The molecule has 1 amide bonds. The number of ether oxygens (including phenoxy) is 1. The van der Waals surface area contributed by atoms with Crippen LogP contribution in [-0.2, 0) is 9.53 Å². The summed E-state index contributed by atoms with van der Waals surface area (Å²) in [7, 11) is 0. The molecule has 0 aromatic rings. The molecule has 0 spiro atoms. The molecule has 0 radical (unpaired) electrons. The van der Waals surface area contributed by atoms with E-state index < -0.39 is 0 Å². The average Bonchev–Trinajstić information content (AvgIpc) is 1.93. The van der Waals surface area contributed by atoms with Crippen LogP contribution in [0.5, 0.6) is 0 Å². The lowest BCUT2D eigenvalue weighted by atomic mass is 10.2. The summed E-state index contributed by atoms with van der Waals surface area (Å²) in [6.45, 7) is 6.20. The molecule has 0 aromatic heterocycles. The number of nitrogens with zero attached hydrogens (tertiary/aromatic N) is 1. The van der Waals surface area contributed by atoms with E-state index in [4.69, 9.17) is 4.74 Å². The molecule has 0 aliphatic carbocycles. The summed E-state index contributed by atoms with van der Waals surface area (Å²) in [5.74, 6) is 0.160. The fraction of sp³-hybridized carbons (Fsp3) is 0.889. The molecule has 1 aliphatic rings. The van der Waals surface area contributed by atoms with E-state index in [1.54, 1.807) is 6.92 Å². The summed E-state index contributed by atoms with van der Waals surface area (Å²) < 4.78 is 5.26. The van der Waals surface area contributed by atoms with E-state index in [0.717, 1.165) is 32.5 Å². The standard InChI is InChI=1S/C9H17NO2/c1-3-5-10(8(2)11)7-9-4-6-12-9/h9H,3-7H2,1-2H3. The van der Waals surface area contributed by atoms with E-state index >= 15 is 0 Å². The SMILES string of the molecule is CCCN(CC1CCO1)C(C)=O. The molecule has 0 bridgehead atoms. The number of amides is 1. The normalized spacial score (nSPS) is 21.7. The zero-order chi connectivity index (χ0) is 8.97. The third-order valence-electron chi connectivity index (χ3n) is 2.16. The quantitative estimate of drug-likeness (QED) is 0.632. The van der Waals surface area contributed by atoms with Crippen LogP contribution in [-0.4, -0.2) is 36.6 Å². The highest BCUT2D eigenvalue weighted by atomic mass is 16.5. The number of rotatable bonds is 4. The van der Waals surface area contributed by atoms with Gasteiger partial charge in [-0.25, -0.2) is 0 Å². The molecule has 0 aromatic carbocycles. The third kappa shape index (κ3) is 2.48. The van der Waals surface area contributed by atoms with Gasteiger partial charge in [0.05, 0.1) is 6.10 Å². The lowest BCUT2D eigenvalue weighted by Crippen LogP contribution is -2.42. The highest BCUT2D eigenvalue weighted by Gasteiger charge is 2.21. The minimum Gasteiger partial charge on any atom is -0.376 e. The molecule has 70 valence electrons. The van der Waals surface area contributed by atoms with Gasteiger partial charge in [-0.05, 0) is 12.8 Å². The van der Waals surface area contributed by atoms with Crippen LogP contribution in [0.15, 0.2) is 0 Å². The average molecular weight is 171 g/mol. The van der Waals surface area contributed by atoms with Gasteiger partial charge in [-0.1, -0.05) is 6.92 Å². The summed E-state index contributed by atoms with van der Waals surface area (Å²) in [6, 6.07) is 0. The van der Waals surface area contributed by atoms with Crippen LogP contribution in [0.4, 0.5) is 0 Å². The Balaban J connectivity index is 2.26. The van der Waals surface area contributed by atoms with Crippen molar-refractivity contribution < 1.29 is 9.53 Å². The second-order valence-electron chi connectivity index (χ2n) is 3.25. The van der Waals surface area contributed by atoms with Crippen LogP contribution in [0.3, 0.4) is 0 Å². The lowest BCUT2D eigenvalue weighted by Gasteiger charge is -2.32. The van der Waals surface area contributed by atoms with Gasteiger partial charge in [-0.15, -0.1) is 0 Å². The first-order chi connectivity index (χ1) is 5.74. The zero-order valence-corrected chi connectivity index (χ0v) is 7.88. The molecular weight excluding hydrogens is 154 g/mol. The predicted octanol–water partition coefficient (Wildman–Crippen LogP) is 1.03. The Morgan fingerprint density at radius 2 is 2.33 bits per heavy atom. The monoisotopic (exact) mass is 171 g/mol. The van der Waals surface area contributed by atoms with Gasteiger partial charge in [0, 0.05) is 26.6 Å². The fourth-order valence-electron chi connectivity index (χ4n) is 1.32. The Kier molecular flexibility index (Phi) is 3.53. The van der Waals surface area contributed by atoms with Gasteiger partial charge in [-0.3, -0.25) is 4.79 Å². The van der Waals surface area contributed by atoms with E-state index in [9.17, 15) is 4.79 Å². The Bertz CT molecular complexity index is 155. The molecule has 1 heterocycles. The second-order valence-corrected chi connectivity index (χ2v) is 3.25. The second kappa shape index (κ2) is 4.45. The number of carbonyl (C=O) groups excluding carboxylic acids is 1. The van der Waals surface area contributed by atoms with Gasteiger partial charge in [0.15, 0.2) is 0 Å². The highest BCUT2D eigenvalue weighted by molar-refractivity contribution is 5.73. The van der Waals surface area contributed by atoms with Crippen molar-refractivity contribution in [1.29, 1.82) is 0 Å². The van der Waals surface area contributed by atoms with Crippen LogP contribution in [0, 0.1) is 0 Å². The fourth-order valence-corrected chi connectivity index (χ4v) is 1.32. The van der Waals surface area contributed by atoms with Crippen LogP contribution >= 0.6 is 0 Å². The molecule has 1 atom stereocenters. The smallest absolute Gasteiger partial charge is 0.219 e. The summed E-state index contributed by atoms with van der Waals surface area (Å²) in [4.78, 5) is 12.9. The van der Waals surface area contributed by atoms with Gasteiger partial charge in [-0.2, -0.15) is 0 Å². The van der Waals surface area contributed by atoms with Crippen molar-refractivity contribution in [3.05, 3.63) is 0 Å². The maximum atomic E-state index is 11.1. The molecule has 1 fully saturated rings. The summed E-state index contributed by atoms with van der Waals surface area (Å²) >= 11 is 0. The zero-order valence-electron chi connectivity index (χ0n) is 7.88. The van der Waals surface area contributed by atoms with Gasteiger partial charge < -0.3 is 9.64 Å². The lowest BCUT2D eigenvalue weighted by molar-refractivity contribution is -0.134. The summed E-state index contributed by atoms with van der Waals surface area (Å²) in [6.07, 6.45) is 2.43. The Hall–Kier alpha value is -0.570. The van der Waals surface area contributed by atoms with Crippen molar-refractivity contribution in [3.63, 3.8) is 0 Å². The first-order valence-corrected chi connectivity index (χ1v) is 4.61.